The molecule has 8 heteroatoms. The highest BCUT2D eigenvalue weighted by Gasteiger charge is 2.23. The summed E-state index contributed by atoms with van der Waals surface area (Å²) in [6.07, 6.45) is 13.3. The van der Waals surface area contributed by atoms with Crippen molar-refractivity contribution in [2.75, 3.05) is 21.1 Å². The van der Waals surface area contributed by atoms with Gasteiger partial charge in [0.25, 0.3) is 0 Å². The van der Waals surface area contributed by atoms with Crippen molar-refractivity contribution in [2.24, 2.45) is 0 Å². The Morgan fingerprint density at radius 2 is 2.00 bits per heavy atom. The fourth-order valence-corrected chi connectivity index (χ4v) is 4.25. The highest BCUT2D eigenvalue weighted by Crippen LogP contribution is 2.33. The standard InChI is InChI=1S/C20H27FIN3OS2/c1-14(13-24(2)3)20(26)10-5-15-11-16(21)6-7-17(23-27-18-8-9-18)12-19(15)25(4)28-22/h5-7,10-13,16-18,23H,8-9H2,1-4H3/b7-6?,10-5+,14-13+,15-11-,19-12+. The van der Waals surface area contributed by atoms with Gasteiger partial charge in [-0.15, -0.1) is 0 Å². The van der Waals surface area contributed by atoms with Crippen LogP contribution in [-0.2, 0) is 4.79 Å². The number of likely N-dealkylation sites (N-methyl/N-ethyl adjacent to an activating group) is 1. The lowest BCUT2D eigenvalue weighted by Crippen LogP contribution is -2.23. The molecule has 1 saturated carbocycles. The minimum Gasteiger partial charge on any atom is -0.383 e. The fraction of sp³-hybridized carbons (Fsp3) is 0.450. The predicted octanol–water partition coefficient (Wildman–Crippen LogP) is 4.99. The normalized spacial score (nSPS) is 26.9. The lowest BCUT2D eigenvalue weighted by Gasteiger charge is -2.23. The lowest BCUT2D eigenvalue weighted by molar-refractivity contribution is -0.111. The molecule has 4 nitrogen and oxygen atoms in total. The number of ketones is 1. The Hall–Kier alpha value is -0.710. The maximum Gasteiger partial charge on any atom is 0.182 e. The zero-order chi connectivity index (χ0) is 20.7. The van der Waals surface area contributed by atoms with E-state index < -0.39 is 6.17 Å². The molecule has 28 heavy (non-hydrogen) atoms. The number of hydrogen-bond acceptors (Lipinski definition) is 6. The van der Waals surface area contributed by atoms with Crippen LogP contribution in [0.25, 0.3) is 0 Å². The van der Waals surface area contributed by atoms with Crippen molar-refractivity contribution in [3.8, 4) is 0 Å². The summed E-state index contributed by atoms with van der Waals surface area (Å²) in [5, 5.41) is 0.660. The third-order valence-corrected chi connectivity index (χ3v) is 7.46. The summed E-state index contributed by atoms with van der Waals surface area (Å²) in [6, 6.07) is -0.0759. The molecule has 154 valence electrons. The number of halogens is 2. The maximum absolute atomic E-state index is 14.5. The van der Waals surface area contributed by atoms with E-state index in [1.54, 1.807) is 43.3 Å². The summed E-state index contributed by atoms with van der Waals surface area (Å²) in [7, 11) is 7.20. The van der Waals surface area contributed by atoms with Gasteiger partial charge >= 0.3 is 0 Å². The van der Waals surface area contributed by atoms with E-state index >= 15 is 0 Å². The van der Waals surface area contributed by atoms with Crippen molar-refractivity contribution >= 4 is 48.1 Å². The van der Waals surface area contributed by atoms with Gasteiger partial charge in [0.05, 0.1) is 11.7 Å². The first kappa shape index (κ1) is 23.6. The minimum absolute atomic E-state index is 0.0759. The van der Waals surface area contributed by atoms with Crippen LogP contribution in [0.15, 0.2) is 59.5 Å². The average molecular weight is 535 g/mol. The Morgan fingerprint density at radius 3 is 2.61 bits per heavy atom. The second kappa shape index (κ2) is 11.5. The molecule has 0 bridgehead atoms. The van der Waals surface area contributed by atoms with E-state index in [0.717, 1.165) is 5.70 Å². The number of hydrogen-bond donors (Lipinski definition) is 1. The van der Waals surface area contributed by atoms with Gasteiger partial charge in [0.15, 0.2) is 5.78 Å². The molecule has 2 unspecified atom stereocenters. The molecule has 2 aliphatic carbocycles. The topological polar surface area (TPSA) is 35.6 Å². The Balaban J connectivity index is 2.27. The van der Waals surface area contributed by atoms with Crippen LogP contribution >= 0.6 is 42.3 Å². The van der Waals surface area contributed by atoms with Crippen molar-refractivity contribution in [3.63, 3.8) is 0 Å². The van der Waals surface area contributed by atoms with E-state index in [-0.39, 0.29) is 11.8 Å². The Morgan fingerprint density at radius 1 is 1.29 bits per heavy atom. The van der Waals surface area contributed by atoms with Gasteiger partial charge < -0.3 is 9.21 Å². The van der Waals surface area contributed by atoms with Gasteiger partial charge in [0.1, 0.15) is 6.17 Å². The SMILES string of the molecule is C/C(=C\N(C)C)C(=O)/C=C/C1=C/C(F)C=CC(NSC2CC2)/C=C\1N(C)SI. The largest absolute Gasteiger partial charge is 0.383 e. The Bertz CT molecular complexity index is 714. The van der Waals surface area contributed by atoms with Crippen LogP contribution in [0.2, 0.25) is 0 Å². The van der Waals surface area contributed by atoms with E-state index in [1.807, 2.05) is 36.4 Å². The maximum atomic E-state index is 14.5. The molecule has 0 heterocycles. The van der Waals surface area contributed by atoms with E-state index in [4.69, 9.17) is 0 Å². The van der Waals surface area contributed by atoms with E-state index in [0.29, 0.717) is 16.4 Å². The van der Waals surface area contributed by atoms with Crippen molar-refractivity contribution in [1.82, 2.24) is 13.9 Å². The van der Waals surface area contributed by atoms with Crippen molar-refractivity contribution in [2.45, 2.75) is 37.2 Å². The molecular weight excluding hydrogens is 508 g/mol. The molecule has 0 aromatic heterocycles. The molecule has 1 fully saturated rings. The van der Waals surface area contributed by atoms with Gasteiger partial charge in [0, 0.05) is 68.5 Å². The molecule has 0 aromatic carbocycles. The Kier molecular flexibility index (Phi) is 9.65. The van der Waals surface area contributed by atoms with Crippen LogP contribution in [0.5, 0.6) is 0 Å². The fourth-order valence-electron chi connectivity index (χ4n) is 2.51. The molecule has 0 aliphatic heterocycles. The quantitative estimate of drug-likeness (QED) is 0.194. The van der Waals surface area contributed by atoms with Gasteiger partial charge in [-0.05, 0) is 55.7 Å². The number of nitrogens with one attached hydrogen (secondary N) is 1. The molecular formula is C20H27FIN3OS2. The molecule has 0 spiro atoms. The van der Waals surface area contributed by atoms with Crippen LogP contribution in [0.3, 0.4) is 0 Å². The molecule has 0 radical (unpaired) electrons. The van der Waals surface area contributed by atoms with Crippen LogP contribution in [0, 0.1) is 0 Å². The molecule has 0 aromatic rings. The molecule has 0 amide bonds. The van der Waals surface area contributed by atoms with E-state index in [2.05, 4.69) is 32.0 Å². The molecule has 2 aliphatic rings. The van der Waals surface area contributed by atoms with Crippen LogP contribution in [-0.4, -0.2) is 53.6 Å². The molecule has 1 N–H and O–H groups in total. The summed E-state index contributed by atoms with van der Waals surface area (Å²) >= 11 is 3.92. The van der Waals surface area contributed by atoms with Crippen molar-refractivity contribution in [1.29, 1.82) is 0 Å². The summed E-state index contributed by atoms with van der Waals surface area (Å²) in [5.41, 5.74) is 2.20. The third kappa shape index (κ3) is 7.96. The Labute approximate surface area is 188 Å². The van der Waals surface area contributed by atoms with Gasteiger partial charge in [-0.2, -0.15) is 0 Å². The summed E-state index contributed by atoms with van der Waals surface area (Å²) in [4.78, 5) is 14.2. The number of alkyl halides is 1. The first-order valence-electron chi connectivity index (χ1n) is 9.07. The van der Waals surface area contributed by atoms with Crippen LogP contribution in [0.4, 0.5) is 4.39 Å². The highest BCUT2D eigenvalue weighted by molar-refractivity contribution is 14.2. The second-order valence-electron chi connectivity index (χ2n) is 7.00. The smallest absolute Gasteiger partial charge is 0.182 e. The summed E-state index contributed by atoms with van der Waals surface area (Å²) in [6.45, 7) is 1.78. The zero-order valence-corrected chi connectivity index (χ0v) is 20.4. The highest BCUT2D eigenvalue weighted by atomic mass is 127. The third-order valence-electron chi connectivity index (χ3n) is 4.07. The van der Waals surface area contributed by atoms with Gasteiger partial charge in [-0.3, -0.25) is 9.52 Å². The average Bonchev–Trinajstić information content (AvgIpc) is 3.46. The van der Waals surface area contributed by atoms with Gasteiger partial charge in [0.2, 0.25) is 0 Å². The second-order valence-corrected chi connectivity index (χ2v) is 10.0. The number of allylic oxidation sites excluding steroid dienone is 5. The summed E-state index contributed by atoms with van der Waals surface area (Å²) in [5.74, 6) is -0.0919. The van der Waals surface area contributed by atoms with Crippen LogP contribution in [0.1, 0.15) is 19.8 Å². The van der Waals surface area contributed by atoms with Crippen LogP contribution < -0.4 is 4.72 Å². The van der Waals surface area contributed by atoms with Crippen molar-refractivity contribution in [3.05, 3.63) is 59.5 Å². The zero-order valence-electron chi connectivity index (χ0n) is 16.6. The number of rotatable bonds is 9. The number of carbonyl (C=O) groups is 1. The first-order chi connectivity index (χ1) is 13.3. The predicted molar refractivity (Wildman–Crippen MR) is 129 cm³/mol. The first-order valence-corrected chi connectivity index (χ1v) is 13.3. The number of nitrogens with zero attached hydrogens (tertiary/aromatic N) is 2. The lowest BCUT2D eigenvalue weighted by atomic mass is 10.0. The number of carbonyl (C=O) groups excluding carboxylic acids is 1. The summed E-state index contributed by atoms with van der Waals surface area (Å²) < 4.78 is 19.9. The van der Waals surface area contributed by atoms with Crippen molar-refractivity contribution < 1.29 is 9.18 Å². The van der Waals surface area contributed by atoms with E-state index in [9.17, 15) is 9.18 Å². The van der Waals surface area contributed by atoms with Gasteiger partial charge in [-0.25, -0.2) is 4.39 Å². The monoisotopic (exact) mass is 535 g/mol. The van der Waals surface area contributed by atoms with Gasteiger partial charge in [-0.1, -0.05) is 18.0 Å². The van der Waals surface area contributed by atoms with E-state index in [1.165, 1.54) is 28.0 Å². The molecule has 0 saturated heterocycles. The minimum atomic E-state index is -1.21. The molecule has 2 rings (SSSR count). The molecule has 2 atom stereocenters.